The molecule has 0 spiro atoms. The van der Waals surface area contributed by atoms with Gasteiger partial charge in [-0.3, -0.25) is 19.7 Å². The standard InChI is InChI=1S/C17H21N3O6/c1-10(15(22)19-17(24)18-2)26-16(23)11-8-14(21)20(9-11)12-6-4-5-7-13(12)25-3/h4-7,10-11H,8-9H2,1-3H3,(H2,18,19,22,24)/t10-,11+/m0/s1. The predicted molar refractivity (Wildman–Crippen MR) is 91.6 cm³/mol. The maximum Gasteiger partial charge on any atom is 0.321 e. The fourth-order valence-corrected chi connectivity index (χ4v) is 2.55. The van der Waals surface area contributed by atoms with Gasteiger partial charge in [0.1, 0.15) is 5.75 Å². The van der Waals surface area contributed by atoms with Crippen LogP contribution in [0.25, 0.3) is 0 Å². The van der Waals surface area contributed by atoms with Gasteiger partial charge in [0.05, 0.1) is 18.7 Å². The van der Waals surface area contributed by atoms with Crippen molar-refractivity contribution in [1.29, 1.82) is 0 Å². The van der Waals surface area contributed by atoms with Crippen LogP contribution in [0.5, 0.6) is 5.75 Å². The van der Waals surface area contributed by atoms with Crippen molar-refractivity contribution >= 4 is 29.5 Å². The lowest BCUT2D eigenvalue weighted by molar-refractivity contribution is -0.158. The molecule has 0 radical (unpaired) electrons. The Bertz CT molecular complexity index is 720. The normalized spacial score (nSPS) is 17.4. The number of carbonyl (C=O) groups is 4. The number of methoxy groups -OCH3 is 1. The average Bonchev–Trinajstić information content (AvgIpc) is 3.03. The van der Waals surface area contributed by atoms with Gasteiger partial charge in [0.15, 0.2) is 6.10 Å². The van der Waals surface area contributed by atoms with Crippen LogP contribution in [0.2, 0.25) is 0 Å². The summed E-state index contributed by atoms with van der Waals surface area (Å²) in [6.45, 7) is 1.48. The molecule has 1 aromatic carbocycles. The van der Waals surface area contributed by atoms with Crippen molar-refractivity contribution in [2.75, 3.05) is 25.6 Å². The van der Waals surface area contributed by atoms with E-state index >= 15 is 0 Å². The first-order valence-corrected chi connectivity index (χ1v) is 8.03. The van der Waals surface area contributed by atoms with Crippen LogP contribution >= 0.6 is 0 Å². The van der Waals surface area contributed by atoms with Crippen molar-refractivity contribution in [2.45, 2.75) is 19.4 Å². The molecule has 0 saturated carbocycles. The highest BCUT2D eigenvalue weighted by Gasteiger charge is 2.38. The van der Waals surface area contributed by atoms with Crippen molar-refractivity contribution in [3.63, 3.8) is 0 Å². The Morgan fingerprint density at radius 1 is 1.27 bits per heavy atom. The van der Waals surface area contributed by atoms with Crippen LogP contribution in [0.4, 0.5) is 10.5 Å². The molecule has 0 aromatic heterocycles. The number of urea groups is 1. The lowest BCUT2D eigenvalue weighted by atomic mass is 10.1. The number of benzene rings is 1. The van der Waals surface area contributed by atoms with Crippen LogP contribution < -0.4 is 20.3 Å². The fraction of sp³-hybridized carbons (Fsp3) is 0.412. The molecule has 0 unspecified atom stereocenters. The molecule has 0 aliphatic carbocycles. The van der Waals surface area contributed by atoms with Gasteiger partial charge in [0.2, 0.25) is 5.91 Å². The van der Waals surface area contributed by atoms with Gasteiger partial charge in [0.25, 0.3) is 5.91 Å². The third kappa shape index (κ3) is 4.29. The fourth-order valence-electron chi connectivity index (χ4n) is 2.55. The quantitative estimate of drug-likeness (QED) is 0.734. The van der Waals surface area contributed by atoms with Crippen molar-refractivity contribution in [3.8, 4) is 5.75 Å². The molecule has 1 aliphatic rings. The minimum absolute atomic E-state index is 0.0271. The van der Waals surface area contributed by atoms with Gasteiger partial charge in [0, 0.05) is 20.0 Å². The van der Waals surface area contributed by atoms with Gasteiger partial charge in [-0.15, -0.1) is 0 Å². The number of imide groups is 1. The summed E-state index contributed by atoms with van der Waals surface area (Å²) in [6, 6.07) is 6.29. The third-order valence-corrected chi connectivity index (χ3v) is 3.96. The molecule has 2 N–H and O–H groups in total. The Hall–Kier alpha value is -3.10. The van der Waals surface area contributed by atoms with E-state index in [1.807, 2.05) is 5.32 Å². The Balaban J connectivity index is 2.00. The number of nitrogens with zero attached hydrogens (tertiary/aromatic N) is 1. The number of hydrogen-bond acceptors (Lipinski definition) is 6. The summed E-state index contributed by atoms with van der Waals surface area (Å²) in [6.07, 6.45) is -1.18. The summed E-state index contributed by atoms with van der Waals surface area (Å²) < 4.78 is 10.3. The van der Waals surface area contributed by atoms with Crippen molar-refractivity contribution in [3.05, 3.63) is 24.3 Å². The van der Waals surface area contributed by atoms with Gasteiger partial charge >= 0.3 is 12.0 Å². The topological polar surface area (TPSA) is 114 Å². The van der Waals surface area contributed by atoms with Crippen molar-refractivity contribution < 1.29 is 28.7 Å². The van der Waals surface area contributed by atoms with E-state index in [0.717, 1.165) is 0 Å². The Labute approximate surface area is 150 Å². The van der Waals surface area contributed by atoms with E-state index in [1.165, 1.54) is 26.0 Å². The van der Waals surface area contributed by atoms with Gasteiger partial charge in [-0.25, -0.2) is 4.79 Å². The Morgan fingerprint density at radius 3 is 2.62 bits per heavy atom. The molecule has 1 aliphatic heterocycles. The molecule has 4 amide bonds. The van der Waals surface area contributed by atoms with E-state index in [9.17, 15) is 19.2 Å². The summed E-state index contributed by atoms with van der Waals surface area (Å²) in [4.78, 5) is 48.9. The minimum atomic E-state index is -1.16. The number of para-hydroxylation sites is 2. The molecular weight excluding hydrogens is 342 g/mol. The lowest BCUT2D eigenvalue weighted by Gasteiger charge is -2.19. The monoisotopic (exact) mass is 363 g/mol. The van der Waals surface area contributed by atoms with Crippen LogP contribution in [0, 0.1) is 5.92 Å². The number of ether oxygens (including phenoxy) is 2. The van der Waals surface area contributed by atoms with E-state index in [4.69, 9.17) is 9.47 Å². The van der Waals surface area contributed by atoms with Crippen LogP contribution in [0.15, 0.2) is 24.3 Å². The second kappa shape index (κ2) is 8.32. The largest absolute Gasteiger partial charge is 0.495 e. The highest BCUT2D eigenvalue weighted by molar-refractivity contribution is 6.01. The zero-order valence-electron chi connectivity index (χ0n) is 14.8. The third-order valence-electron chi connectivity index (χ3n) is 3.96. The zero-order chi connectivity index (χ0) is 19.3. The van der Waals surface area contributed by atoms with E-state index in [2.05, 4.69) is 5.32 Å². The number of esters is 1. The molecule has 1 fully saturated rings. The molecule has 2 rings (SSSR count). The average molecular weight is 363 g/mol. The van der Waals surface area contributed by atoms with Crippen LogP contribution in [-0.4, -0.2) is 50.6 Å². The zero-order valence-corrected chi connectivity index (χ0v) is 14.8. The molecule has 26 heavy (non-hydrogen) atoms. The highest BCUT2D eigenvalue weighted by atomic mass is 16.5. The Morgan fingerprint density at radius 2 is 1.96 bits per heavy atom. The first-order valence-electron chi connectivity index (χ1n) is 8.03. The highest BCUT2D eigenvalue weighted by Crippen LogP contribution is 2.33. The second-order valence-corrected chi connectivity index (χ2v) is 5.72. The molecule has 0 bridgehead atoms. The SMILES string of the molecule is CNC(=O)NC(=O)[C@H](C)OC(=O)[C@@H]1CC(=O)N(c2ccccc2OC)C1. The molecule has 1 aromatic rings. The lowest BCUT2D eigenvalue weighted by Crippen LogP contribution is -2.44. The molecule has 9 nitrogen and oxygen atoms in total. The number of carbonyl (C=O) groups excluding carboxylic acids is 4. The Kier molecular flexibility index (Phi) is 6.16. The number of amides is 4. The summed E-state index contributed by atoms with van der Waals surface area (Å²) in [5, 5.41) is 4.25. The van der Waals surface area contributed by atoms with Gasteiger partial charge in [-0.1, -0.05) is 12.1 Å². The van der Waals surface area contributed by atoms with Gasteiger partial charge < -0.3 is 19.7 Å². The molecule has 9 heteroatoms. The maximum atomic E-state index is 12.3. The smallest absolute Gasteiger partial charge is 0.321 e. The van der Waals surface area contributed by atoms with E-state index in [-0.39, 0.29) is 18.9 Å². The van der Waals surface area contributed by atoms with E-state index < -0.39 is 29.9 Å². The number of rotatable bonds is 5. The number of anilines is 1. The summed E-state index contributed by atoms with van der Waals surface area (Å²) in [7, 11) is 2.85. The molecular formula is C17H21N3O6. The first kappa shape index (κ1) is 19.2. The van der Waals surface area contributed by atoms with E-state index in [1.54, 1.807) is 24.3 Å². The summed E-state index contributed by atoms with van der Waals surface area (Å²) >= 11 is 0. The molecule has 2 atom stereocenters. The van der Waals surface area contributed by atoms with E-state index in [0.29, 0.717) is 11.4 Å². The predicted octanol–water partition coefficient (Wildman–Crippen LogP) is 0.435. The van der Waals surface area contributed by atoms with Gasteiger partial charge in [-0.2, -0.15) is 0 Å². The van der Waals surface area contributed by atoms with Crippen molar-refractivity contribution in [1.82, 2.24) is 10.6 Å². The maximum absolute atomic E-state index is 12.3. The molecule has 140 valence electrons. The number of nitrogens with one attached hydrogen (secondary N) is 2. The second-order valence-electron chi connectivity index (χ2n) is 5.72. The van der Waals surface area contributed by atoms with Crippen LogP contribution in [-0.2, 0) is 19.1 Å². The van der Waals surface area contributed by atoms with Gasteiger partial charge in [-0.05, 0) is 19.1 Å². The van der Waals surface area contributed by atoms with Crippen LogP contribution in [0.3, 0.4) is 0 Å². The van der Waals surface area contributed by atoms with Crippen molar-refractivity contribution in [2.24, 2.45) is 5.92 Å². The minimum Gasteiger partial charge on any atom is -0.495 e. The van der Waals surface area contributed by atoms with Crippen LogP contribution in [0.1, 0.15) is 13.3 Å². The number of hydrogen-bond donors (Lipinski definition) is 2. The summed E-state index contributed by atoms with van der Waals surface area (Å²) in [5.41, 5.74) is 0.570. The first-order chi connectivity index (χ1) is 12.4. The summed E-state index contributed by atoms with van der Waals surface area (Å²) in [5.74, 6) is -1.84. The molecule has 1 heterocycles. The molecule has 1 saturated heterocycles.